The summed E-state index contributed by atoms with van der Waals surface area (Å²) >= 11 is 0. The highest BCUT2D eigenvalue weighted by atomic mass is 32.2. The molecule has 0 saturated heterocycles. The summed E-state index contributed by atoms with van der Waals surface area (Å²) in [5.74, 6) is 0. The summed E-state index contributed by atoms with van der Waals surface area (Å²) in [5, 5.41) is 0. The van der Waals surface area contributed by atoms with Crippen molar-refractivity contribution in [2.24, 2.45) is 4.40 Å². The van der Waals surface area contributed by atoms with Crippen LogP contribution in [0.5, 0.6) is 0 Å². The number of benzene rings is 1. The molecule has 21 heavy (non-hydrogen) atoms. The zero-order chi connectivity index (χ0) is 15.5. The average Bonchev–Trinajstić information content (AvgIpc) is 2.76. The Morgan fingerprint density at radius 1 is 1.10 bits per heavy atom. The van der Waals surface area contributed by atoms with Crippen LogP contribution < -0.4 is 0 Å². The van der Waals surface area contributed by atoms with Gasteiger partial charge >= 0.3 is 7.60 Å². The minimum Gasteiger partial charge on any atom is -0.304 e. The van der Waals surface area contributed by atoms with Gasteiger partial charge in [0.25, 0.3) is 10.0 Å². The maximum absolute atomic E-state index is 12.9. The Balaban J connectivity index is 2.49. The Kier molecular flexibility index (Phi) is 4.99. The van der Waals surface area contributed by atoms with Crippen LogP contribution in [0.2, 0.25) is 0 Å². The lowest BCUT2D eigenvalue weighted by molar-refractivity contribution is 0.216. The van der Waals surface area contributed by atoms with Crippen molar-refractivity contribution in [1.82, 2.24) is 0 Å². The Labute approximate surface area is 124 Å². The van der Waals surface area contributed by atoms with Crippen molar-refractivity contribution < 1.29 is 22.0 Å². The number of rotatable bonds is 7. The van der Waals surface area contributed by atoms with Gasteiger partial charge in [-0.3, -0.25) is 4.57 Å². The van der Waals surface area contributed by atoms with Crippen molar-refractivity contribution in [1.29, 1.82) is 0 Å². The van der Waals surface area contributed by atoms with E-state index < -0.39 is 17.6 Å². The fraction of sp³-hybridized carbons (Fsp3) is 0.462. The minimum atomic E-state index is -3.83. The first-order valence-electron chi connectivity index (χ1n) is 6.78. The fourth-order valence-corrected chi connectivity index (χ4v) is 5.44. The molecule has 0 bridgehead atoms. The monoisotopic (exact) mass is 331 g/mol. The molecule has 0 amide bonds. The van der Waals surface area contributed by atoms with Crippen LogP contribution in [0.15, 0.2) is 33.6 Å². The highest BCUT2D eigenvalue weighted by Crippen LogP contribution is 2.55. The Hall–Kier alpha value is -1.01. The minimum absolute atomic E-state index is 0.0421. The van der Waals surface area contributed by atoms with Crippen molar-refractivity contribution in [3.63, 3.8) is 0 Å². The van der Waals surface area contributed by atoms with Gasteiger partial charge in [0.1, 0.15) is 0 Å². The third kappa shape index (κ3) is 3.26. The van der Waals surface area contributed by atoms with E-state index in [-0.39, 0.29) is 23.6 Å². The predicted octanol–water partition coefficient (Wildman–Crippen LogP) is 3.18. The van der Waals surface area contributed by atoms with Gasteiger partial charge in [-0.05, 0) is 18.9 Å². The summed E-state index contributed by atoms with van der Waals surface area (Å²) in [4.78, 5) is 0.0421. The third-order valence-electron chi connectivity index (χ3n) is 2.80. The molecule has 6 nitrogen and oxygen atoms in total. The van der Waals surface area contributed by atoms with Crippen LogP contribution in [0, 0.1) is 0 Å². The molecule has 0 unspecified atom stereocenters. The molecule has 0 radical (unpaired) electrons. The van der Waals surface area contributed by atoms with Gasteiger partial charge in [0, 0.05) is 5.56 Å². The van der Waals surface area contributed by atoms with Crippen LogP contribution in [0.3, 0.4) is 0 Å². The largest absolute Gasteiger partial charge is 0.381 e. The zero-order valence-corrected chi connectivity index (χ0v) is 13.7. The van der Waals surface area contributed by atoms with Crippen molar-refractivity contribution in [2.75, 3.05) is 13.2 Å². The van der Waals surface area contributed by atoms with E-state index in [9.17, 15) is 13.0 Å². The number of sulfonamides is 1. The molecule has 116 valence electrons. The molecule has 8 heteroatoms. The molecule has 1 aliphatic rings. The van der Waals surface area contributed by atoms with Gasteiger partial charge < -0.3 is 9.05 Å². The summed E-state index contributed by atoms with van der Waals surface area (Å²) in [5.41, 5.74) is 0.188. The van der Waals surface area contributed by atoms with E-state index in [1.165, 1.54) is 6.07 Å². The lowest BCUT2D eigenvalue weighted by atomic mass is 10.2. The first kappa shape index (κ1) is 16.4. The van der Waals surface area contributed by atoms with Crippen molar-refractivity contribution in [2.45, 2.75) is 31.6 Å². The number of hydrogen-bond acceptors (Lipinski definition) is 5. The first-order valence-corrected chi connectivity index (χ1v) is 9.77. The van der Waals surface area contributed by atoms with Crippen LogP contribution >= 0.6 is 7.60 Å². The molecule has 1 aromatic rings. The van der Waals surface area contributed by atoms with E-state index >= 15 is 0 Å². The summed E-state index contributed by atoms with van der Waals surface area (Å²) in [7, 11) is -7.57. The van der Waals surface area contributed by atoms with Crippen LogP contribution in [0.1, 0.15) is 32.3 Å². The maximum Gasteiger partial charge on any atom is 0.381 e. The van der Waals surface area contributed by atoms with E-state index in [4.69, 9.17) is 9.05 Å². The summed E-state index contributed by atoms with van der Waals surface area (Å²) in [6, 6.07) is 6.26. The summed E-state index contributed by atoms with van der Waals surface area (Å²) in [6.45, 7) is 4.15. The highest BCUT2D eigenvalue weighted by molar-refractivity contribution is 7.92. The van der Waals surface area contributed by atoms with E-state index in [2.05, 4.69) is 4.40 Å². The second kappa shape index (κ2) is 6.40. The van der Waals surface area contributed by atoms with E-state index in [0.29, 0.717) is 18.4 Å². The Morgan fingerprint density at radius 2 is 1.67 bits per heavy atom. The predicted molar refractivity (Wildman–Crippen MR) is 80.3 cm³/mol. The van der Waals surface area contributed by atoms with Crippen LogP contribution in [0.4, 0.5) is 0 Å². The summed E-state index contributed by atoms with van der Waals surface area (Å²) < 4.78 is 51.4. The van der Waals surface area contributed by atoms with Crippen LogP contribution in [-0.2, 0) is 23.6 Å². The molecule has 0 fully saturated rings. The van der Waals surface area contributed by atoms with Crippen LogP contribution in [-0.4, -0.2) is 27.1 Å². The van der Waals surface area contributed by atoms with Gasteiger partial charge in [-0.15, -0.1) is 0 Å². The van der Waals surface area contributed by atoms with Crippen molar-refractivity contribution in [3.8, 4) is 0 Å². The second-order valence-electron chi connectivity index (χ2n) is 4.55. The van der Waals surface area contributed by atoms with Gasteiger partial charge in [-0.2, -0.15) is 12.8 Å². The Bertz CT molecular complexity index is 686. The molecule has 0 atom stereocenters. The molecule has 1 aliphatic heterocycles. The van der Waals surface area contributed by atoms with E-state index in [0.717, 1.165) is 0 Å². The van der Waals surface area contributed by atoms with Crippen LogP contribution in [0.25, 0.3) is 0 Å². The smallest absolute Gasteiger partial charge is 0.304 e. The van der Waals surface area contributed by atoms with Gasteiger partial charge in [0.05, 0.1) is 18.1 Å². The molecule has 0 saturated carbocycles. The van der Waals surface area contributed by atoms with E-state index in [1.54, 1.807) is 18.2 Å². The average molecular weight is 331 g/mol. The number of fused-ring (bicyclic) bond motifs is 1. The molecule has 1 heterocycles. The normalized spacial score (nSPS) is 16.6. The SMILES string of the molecule is CCCOP(=O)(OCCC)C1=NS(=O)(=O)c2ccccc21. The third-order valence-corrected chi connectivity index (χ3v) is 6.18. The lowest BCUT2D eigenvalue weighted by Gasteiger charge is -2.17. The van der Waals surface area contributed by atoms with Gasteiger partial charge in [-0.25, -0.2) is 0 Å². The van der Waals surface area contributed by atoms with Gasteiger partial charge in [-0.1, -0.05) is 32.0 Å². The van der Waals surface area contributed by atoms with E-state index in [1.807, 2.05) is 13.8 Å². The molecule has 0 aliphatic carbocycles. The molecule has 0 N–H and O–H groups in total. The molecular formula is C13H18NO5PS. The quantitative estimate of drug-likeness (QED) is 0.717. The number of nitrogens with zero attached hydrogens (tertiary/aromatic N) is 1. The van der Waals surface area contributed by atoms with Gasteiger partial charge in [0.15, 0.2) is 5.45 Å². The Morgan fingerprint density at radius 3 is 2.24 bits per heavy atom. The standard InChI is InChI=1S/C13H18NO5PS/c1-3-9-18-20(15,19-10-4-2)13-11-7-5-6-8-12(11)21(16,17)14-13/h5-8H,3-4,9-10H2,1-2H3. The van der Waals surface area contributed by atoms with Gasteiger partial charge in [0.2, 0.25) is 0 Å². The maximum atomic E-state index is 12.9. The summed E-state index contributed by atoms with van der Waals surface area (Å²) in [6.07, 6.45) is 1.28. The van der Waals surface area contributed by atoms with Crippen molar-refractivity contribution in [3.05, 3.63) is 29.8 Å². The zero-order valence-electron chi connectivity index (χ0n) is 12.0. The molecule has 1 aromatic carbocycles. The molecule has 2 rings (SSSR count). The first-order chi connectivity index (χ1) is 9.94. The van der Waals surface area contributed by atoms with Crippen molar-refractivity contribution >= 4 is 23.1 Å². The topological polar surface area (TPSA) is 82.0 Å². The molecule has 0 spiro atoms. The lowest BCUT2D eigenvalue weighted by Crippen LogP contribution is -2.08. The molecular weight excluding hydrogens is 313 g/mol. The highest BCUT2D eigenvalue weighted by Gasteiger charge is 2.42. The second-order valence-corrected chi connectivity index (χ2v) is 8.06. The number of hydrogen-bond donors (Lipinski definition) is 0. The fourth-order valence-electron chi connectivity index (χ4n) is 1.87. The molecule has 0 aromatic heterocycles.